The largest absolute Gasteiger partial charge is 0.306 e. The lowest BCUT2D eigenvalue weighted by molar-refractivity contribution is -0.113. The maximum absolute atomic E-state index is 12.6. The van der Waals surface area contributed by atoms with Gasteiger partial charge in [-0.15, -0.1) is 0 Å². The molecule has 0 spiro atoms. The van der Waals surface area contributed by atoms with Crippen LogP contribution in [0.5, 0.6) is 0 Å². The standard InChI is InChI=1S/C19H20N6O2/c1-11-12(2)21-18(23-16(11)26)25-15(10-14(24-25)19(3,4)5)22-17(27)13-6-8-20-9-7-13/h6-10H,1H2,2-5H3,(H,22,27). The van der Waals surface area contributed by atoms with E-state index in [1.807, 2.05) is 20.8 Å². The number of rotatable bonds is 2. The molecule has 1 aliphatic heterocycles. The molecule has 0 unspecified atom stereocenters. The molecule has 2 aromatic heterocycles. The normalized spacial score (nSPS) is 14.7. The number of nitrogens with zero attached hydrogens (tertiary/aromatic N) is 5. The Morgan fingerprint density at radius 3 is 2.44 bits per heavy atom. The molecule has 8 heteroatoms. The number of nitrogens with one attached hydrogen (secondary N) is 1. The minimum absolute atomic E-state index is 0.0884. The second kappa shape index (κ2) is 6.71. The van der Waals surface area contributed by atoms with Crippen molar-refractivity contribution < 1.29 is 9.59 Å². The third-order valence-electron chi connectivity index (χ3n) is 4.02. The Bertz CT molecular complexity index is 993. The number of aliphatic imine (C=N–C) groups is 2. The molecule has 8 nitrogen and oxygen atoms in total. The SMILES string of the molecule is C=C1C(=O)N=C(n2nc(C(C)(C)C)cc2NC(=O)c2ccncc2)N=C1C. The predicted octanol–water partition coefficient (Wildman–Crippen LogP) is 2.59. The van der Waals surface area contributed by atoms with Crippen molar-refractivity contribution in [1.82, 2.24) is 14.8 Å². The Morgan fingerprint density at radius 2 is 1.85 bits per heavy atom. The Labute approximate surface area is 156 Å². The van der Waals surface area contributed by atoms with Crippen molar-refractivity contribution >= 4 is 29.3 Å². The van der Waals surface area contributed by atoms with Crippen LogP contribution < -0.4 is 5.32 Å². The van der Waals surface area contributed by atoms with E-state index in [2.05, 4.69) is 32.0 Å². The molecule has 2 aromatic rings. The lowest BCUT2D eigenvalue weighted by Crippen LogP contribution is -2.25. The first-order chi connectivity index (χ1) is 12.7. The van der Waals surface area contributed by atoms with Crippen molar-refractivity contribution in [3.05, 3.63) is 54.0 Å². The van der Waals surface area contributed by atoms with Gasteiger partial charge >= 0.3 is 0 Å². The van der Waals surface area contributed by atoms with Gasteiger partial charge in [-0.05, 0) is 19.1 Å². The van der Waals surface area contributed by atoms with E-state index in [9.17, 15) is 9.59 Å². The number of carbonyl (C=O) groups is 2. The number of aromatic nitrogens is 3. The van der Waals surface area contributed by atoms with Crippen LogP contribution in [-0.2, 0) is 10.2 Å². The van der Waals surface area contributed by atoms with Crippen LogP contribution in [0.2, 0.25) is 0 Å². The highest BCUT2D eigenvalue weighted by Gasteiger charge is 2.25. The molecule has 1 N–H and O–H groups in total. The molecular formula is C19H20N6O2. The van der Waals surface area contributed by atoms with Gasteiger partial charge in [0, 0.05) is 29.4 Å². The summed E-state index contributed by atoms with van der Waals surface area (Å²) in [6, 6.07) is 4.96. The van der Waals surface area contributed by atoms with Crippen LogP contribution in [0.1, 0.15) is 43.7 Å². The summed E-state index contributed by atoms with van der Waals surface area (Å²) in [6.45, 7) is 11.3. The molecule has 138 valence electrons. The third-order valence-corrected chi connectivity index (χ3v) is 4.02. The molecule has 0 fully saturated rings. The first-order valence-electron chi connectivity index (χ1n) is 8.36. The summed E-state index contributed by atoms with van der Waals surface area (Å²) >= 11 is 0. The van der Waals surface area contributed by atoms with Crippen molar-refractivity contribution in [2.45, 2.75) is 33.1 Å². The van der Waals surface area contributed by atoms with E-state index in [1.54, 1.807) is 25.1 Å². The fourth-order valence-electron chi connectivity index (χ4n) is 2.33. The number of pyridine rings is 1. The molecule has 27 heavy (non-hydrogen) atoms. The van der Waals surface area contributed by atoms with Crippen LogP contribution >= 0.6 is 0 Å². The van der Waals surface area contributed by atoms with Crippen molar-refractivity contribution in [2.75, 3.05) is 5.32 Å². The molecule has 1 aliphatic rings. The average Bonchev–Trinajstić information content (AvgIpc) is 3.04. The average molecular weight is 364 g/mol. The van der Waals surface area contributed by atoms with Gasteiger partial charge in [0.05, 0.1) is 17.0 Å². The molecule has 0 bridgehead atoms. The molecule has 0 aromatic carbocycles. The van der Waals surface area contributed by atoms with Crippen LogP contribution in [0.25, 0.3) is 0 Å². The Hall–Kier alpha value is -3.42. The zero-order chi connectivity index (χ0) is 19.8. The van der Waals surface area contributed by atoms with Gasteiger partial charge in [-0.2, -0.15) is 14.8 Å². The number of carbonyl (C=O) groups excluding carboxylic acids is 2. The van der Waals surface area contributed by atoms with Gasteiger partial charge < -0.3 is 5.32 Å². The van der Waals surface area contributed by atoms with Crippen LogP contribution in [0.15, 0.2) is 52.7 Å². The Kier molecular flexibility index (Phi) is 4.57. The minimum Gasteiger partial charge on any atom is -0.306 e. The summed E-state index contributed by atoms with van der Waals surface area (Å²) in [5.41, 5.74) is 1.60. The molecule has 3 rings (SSSR count). The maximum Gasteiger partial charge on any atom is 0.281 e. The van der Waals surface area contributed by atoms with Crippen LogP contribution in [-0.4, -0.2) is 38.3 Å². The first-order valence-corrected chi connectivity index (χ1v) is 8.36. The highest BCUT2D eigenvalue weighted by molar-refractivity contribution is 6.28. The molecule has 0 saturated heterocycles. The third kappa shape index (κ3) is 3.74. The van der Waals surface area contributed by atoms with Crippen LogP contribution in [0.3, 0.4) is 0 Å². The van der Waals surface area contributed by atoms with Gasteiger partial charge in [-0.1, -0.05) is 27.4 Å². The van der Waals surface area contributed by atoms with Crippen molar-refractivity contribution in [3.8, 4) is 0 Å². The number of hydrogen-bond donors (Lipinski definition) is 1. The zero-order valence-corrected chi connectivity index (χ0v) is 15.6. The highest BCUT2D eigenvalue weighted by atomic mass is 16.2. The molecule has 2 amide bonds. The lowest BCUT2D eigenvalue weighted by Gasteiger charge is -2.14. The van der Waals surface area contributed by atoms with E-state index in [0.717, 1.165) is 5.69 Å². The summed E-state index contributed by atoms with van der Waals surface area (Å²) in [4.78, 5) is 36.8. The van der Waals surface area contributed by atoms with E-state index in [-0.39, 0.29) is 22.9 Å². The van der Waals surface area contributed by atoms with E-state index >= 15 is 0 Å². The quantitative estimate of drug-likeness (QED) is 0.828. The topological polar surface area (TPSA) is 102 Å². The van der Waals surface area contributed by atoms with E-state index in [4.69, 9.17) is 0 Å². The molecule has 3 heterocycles. The smallest absolute Gasteiger partial charge is 0.281 e. The number of anilines is 1. The Morgan fingerprint density at radius 1 is 1.19 bits per heavy atom. The predicted molar refractivity (Wildman–Crippen MR) is 103 cm³/mol. The molecule has 0 atom stereocenters. The van der Waals surface area contributed by atoms with Crippen LogP contribution in [0.4, 0.5) is 5.82 Å². The minimum atomic E-state index is -0.475. The maximum atomic E-state index is 12.6. The van der Waals surface area contributed by atoms with Gasteiger partial charge in [-0.3, -0.25) is 14.6 Å². The monoisotopic (exact) mass is 364 g/mol. The van der Waals surface area contributed by atoms with E-state index in [1.165, 1.54) is 17.1 Å². The zero-order valence-electron chi connectivity index (χ0n) is 15.6. The summed E-state index contributed by atoms with van der Waals surface area (Å²) in [5, 5.41) is 7.32. The fraction of sp³-hybridized carbons (Fsp3) is 0.263. The number of hydrogen-bond acceptors (Lipinski definition) is 5. The second-order valence-corrected chi connectivity index (χ2v) is 7.16. The van der Waals surface area contributed by atoms with Crippen molar-refractivity contribution in [2.24, 2.45) is 9.98 Å². The first kappa shape index (κ1) is 18.4. The van der Waals surface area contributed by atoms with Crippen molar-refractivity contribution in [1.29, 1.82) is 0 Å². The summed E-state index contributed by atoms with van der Waals surface area (Å²) in [5.74, 6) is -0.341. The fourth-order valence-corrected chi connectivity index (χ4v) is 2.33. The summed E-state index contributed by atoms with van der Waals surface area (Å²) in [7, 11) is 0. The van der Waals surface area contributed by atoms with Crippen LogP contribution in [0, 0.1) is 0 Å². The molecule has 0 saturated carbocycles. The number of amides is 2. The van der Waals surface area contributed by atoms with Gasteiger partial charge in [0.2, 0.25) is 0 Å². The molecule has 0 radical (unpaired) electrons. The van der Waals surface area contributed by atoms with Gasteiger partial charge in [-0.25, -0.2) is 4.99 Å². The lowest BCUT2D eigenvalue weighted by atomic mass is 9.92. The van der Waals surface area contributed by atoms with Gasteiger partial charge in [0.25, 0.3) is 17.8 Å². The van der Waals surface area contributed by atoms with Crippen molar-refractivity contribution in [3.63, 3.8) is 0 Å². The summed E-state index contributed by atoms with van der Waals surface area (Å²) < 4.78 is 1.37. The molecular weight excluding hydrogens is 344 g/mol. The van der Waals surface area contributed by atoms with Gasteiger partial charge in [0.1, 0.15) is 5.82 Å². The Balaban J connectivity index is 2.04. The van der Waals surface area contributed by atoms with Gasteiger partial charge in [0.15, 0.2) is 0 Å². The second-order valence-electron chi connectivity index (χ2n) is 7.16. The van der Waals surface area contributed by atoms with E-state index in [0.29, 0.717) is 17.1 Å². The molecule has 0 aliphatic carbocycles. The van der Waals surface area contributed by atoms with E-state index < -0.39 is 5.91 Å². The highest BCUT2D eigenvalue weighted by Crippen LogP contribution is 2.25. The summed E-state index contributed by atoms with van der Waals surface area (Å²) in [6.07, 6.45) is 3.08.